The molecule has 27 heavy (non-hydrogen) atoms. The lowest BCUT2D eigenvalue weighted by atomic mass is 9.88. The number of aromatic nitrogens is 2. The molecule has 3 aromatic rings. The molecule has 0 aliphatic heterocycles. The molecule has 0 spiro atoms. The quantitative estimate of drug-likeness (QED) is 0.523. The van der Waals surface area contributed by atoms with E-state index in [0.29, 0.717) is 5.75 Å². The Morgan fingerprint density at radius 2 is 2.11 bits per heavy atom. The maximum Gasteiger partial charge on any atom is 0.230 e. The Kier molecular flexibility index (Phi) is 4.61. The van der Waals surface area contributed by atoms with Gasteiger partial charge in [0.05, 0.1) is 11.8 Å². The van der Waals surface area contributed by atoms with Gasteiger partial charge in [-0.3, -0.25) is 4.79 Å². The second-order valence-corrected chi connectivity index (χ2v) is 9.26. The third-order valence-electron chi connectivity index (χ3n) is 5.51. The molecule has 1 atom stereocenters. The summed E-state index contributed by atoms with van der Waals surface area (Å²) in [5.41, 5.74) is 4.06. The van der Waals surface area contributed by atoms with Gasteiger partial charge in [0.2, 0.25) is 5.91 Å². The number of hydrogen-bond acceptors (Lipinski definition) is 5. The molecule has 0 radical (unpaired) electrons. The molecular formula is C21H21N3OS2. The van der Waals surface area contributed by atoms with Crippen LogP contribution in [0.3, 0.4) is 0 Å². The Hall–Kier alpha value is -1.92. The highest BCUT2D eigenvalue weighted by Crippen LogP contribution is 2.40. The monoisotopic (exact) mass is 395 g/mol. The molecule has 2 heterocycles. The van der Waals surface area contributed by atoms with Crippen molar-refractivity contribution in [2.45, 2.75) is 49.6 Å². The predicted molar refractivity (Wildman–Crippen MR) is 110 cm³/mol. The molecule has 1 aromatic carbocycles. The molecule has 4 nitrogen and oxygen atoms in total. The van der Waals surface area contributed by atoms with E-state index in [1.165, 1.54) is 33.4 Å². The van der Waals surface area contributed by atoms with E-state index in [4.69, 9.17) is 0 Å². The first kappa shape index (κ1) is 17.2. The van der Waals surface area contributed by atoms with Gasteiger partial charge < -0.3 is 5.32 Å². The molecule has 1 N–H and O–H groups in total. The molecule has 2 aliphatic carbocycles. The molecule has 6 heteroatoms. The van der Waals surface area contributed by atoms with E-state index < -0.39 is 0 Å². The Morgan fingerprint density at radius 1 is 1.19 bits per heavy atom. The van der Waals surface area contributed by atoms with Crippen LogP contribution in [-0.2, 0) is 24.1 Å². The number of fused-ring (bicyclic) bond motifs is 4. The molecule has 0 fully saturated rings. The highest BCUT2D eigenvalue weighted by atomic mass is 32.2. The van der Waals surface area contributed by atoms with Gasteiger partial charge in [-0.25, -0.2) is 9.97 Å². The summed E-state index contributed by atoms with van der Waals surface area (Å²) in [4.78, 5) is 24.1. The first-order chi connectivity index (χ1) is 13.3. The van der Waals surface area contributed by atoms with Crippen molar-refractivity contribution >= 4 is 39.2 Å². The molecule has 0 unspecified atom stereocenters. The number of nitrogens with one attached hydrogen (secondary N) is 1. The summed E-state index contributed by atoms with van der Waals surface area (Å²) in [7, 11) is 0. The van der Waals surface area contributed by atoms with Gasteiger partial charge in [0.15, 0.2) is 0 Å². The average molecular weight is 396 g/mol. The molecule has 0 saturated heterocycles. The second kappa shape index (κ2) is 7.24. The van der Waals surface area contributed by atoms with Gasteiger partial charge in [0.25, 0.3) is 0 Å². The van der Waals surface area contributed by atoms with Crippen LogP contribution in [-0.4, -0.2) is 21.6 Å². The summed E-state index contributed by atoms with van der Waals surface area (Å²) in [5.74, 6) is 0.482. The molecule has 2 aliphatic rings. The Morgan fingerprint density at radius 3 is 3.07 bits per heavy atom. The summed E-state index contributed by atoms with van der Waals surface area (Å²) in [6, 6.07) is 8.61. The largest absolute Gasteiger partial charge is 0.349 e. The van der Waals surface area contributed by atoms with Crippen LogP contribution >= 0.6 is 23.1 Å². The normalized spacial score (nSPS) is 18.3. The second-order valence-electron chi connectivity index (χ2n) is 7.22. The van der Waals surface area contributed by atoms with E-state index >= 15 is 0 Å². The zero-order valence-corrected chi connectivity index (χ0v) is 16.7. The van der Waals surface area contributed by atoms with Crippen LogP contribution < -0.4 is 5.32 Å². The number of nitrogens with zero attached hydrogens (tertiary/aromatic N) is 2. The van der Waals surface area contributed by atoms with E-state index in [1.807, 2.05) is 0 Å². The van der Waals surface area contributed by atoms with Gasteiger partial charge in [0, 0.05) is 10.3 Å². The Bertz CT molecular complexity index is 1010. The highest BCUT2D eigenvalue weighted by molar-refractivity contribution is 8.00. The minimum atomic E-state index is 0.0836. The van der Waals surface area contributed by atoms with Crippen molar-refractivity contribution in [3.63, 3.8) is 0 Å². The fourth-order valence-electron chi connectivity index (χ4n) is 4.28. The number of thiophene rings is 1. The van der Waals surface area contributed by atoms with Crippen LogP contribution in [0.2, 0.25) is 0 Å². The molecule has 2 aromatic heterocycles. The van der Waals surface area contributed by atoms with E-state index in [0.717, 1.165) is 42.0 Å². The van der Waals surface area contributed by atoms with Crippen molar-refractivity contribution < 1.29 is 4.79 Å². The summed E-state index contributed by atoms with van der Waals surface area (Å²) < 4.78 is 0. The lowest BCUT2D eigenvalue weighted by Crippen LogP contribution is -2.32. The molecule has 0 saturated carbocycles. The number of carbonyl (C=O) groups is 1. The minimum Gasteiger partial charge on any atom is -0.349 e. The molecule has 138 valence electrons. The predicted octanol–water partition coefficient (Wildman–Crippen LogP) is 4.47. The summed E-state index contributed by atoms with van der Waals surface area (Å²) in [6.45, 7) is 0. The van der Waals surface area contributed by atoms with Crippen LogP contribution in [0.5, 0.6) is 0 Å². The van der Waals surface area contributed by atoms with Crippen LogP contribution in [0.15, 0.2) is 35.6 Å². The summed E-state index contributed by atoms with van der Waals surface area (Å²) in [6.07, 6.45) is 8.37. The van der Waals surface area contributed by atoms with Gasteiger partial charge in [-0.15, -0.1) is 11.3 Å². The summed E-state index contributed by atoms with van der Waals surface area (Å²) in [5, 5.41) is 5.39. The van der Waals surface area contributed by atoms with Gasteiger partial charge >= 0.3 is 0 Å². The number of carbonyl (C=O) groups excluding carboxylic acids is 1. The topological polar surface area (TPSA) is 54.9 Å². The Balaban J connectivity index is 1.30. The van der Waals surface area contributed by atoms with Crippen molar-refractivity contribution in [2.24, 2.45) is 0 Å². The Labute approximate surface area is 166 Å². The average Bonchev–Trinajstić information content (AvgIpc) is 3.28. The number of thioether (sulfide) groups is 1. The van der Waals surface area contributed by atoms with Crippen molar-refractivity contribution in [3.05, 3.63) is 52.2 Å². The van der Waals surface area contributed by atoms with Crippen molar-refractivity contribution in [2.75, 3.05) is 5.75 Å². The van der Waals surface area contributed by atoms with Crippen LogP contribution in [0, 0.1) is 0 Å². The van der Waals surface area contributed by atoms with Crippen LogP contribution in [0.1, 0.15) is 46.9 Å². The van der Waals surface area contributed by atoms with Crippen molar-refractivity contribution in [1.82, 2.24) is 15.3 Å². The molecular weight excluding hydrogens is 374 g/mol. The highest BCUT2D eigenvalue weighted by Gasteiger charge is 2.23. The van der Waals surface area contributed by atoms with Gasteiger partial charge in [0.1, 0.15) is 16.2 Å². The smallest absolute Gasteiger partial charge is 0.230 e. The third kappa shape index (κ3) is 3.25. The van der Waals surface area contributed by atoms with Crippen LogP contribution in [0.25, 0.3) is 10.2 Å². The van der Waals surface area contributed by atoms with Gasteiger partial charge in [-0.05, 0) is 55.2 Å². The number of aryl methyl sites for hydroxylation is 3. The fraction of sp³-hybridized carbons (Fsp3) is 0.381. The first-order valence-electron chi connectivity index (χ1n) is 9.55. The van der Waals surface area contributed by atoms with Gasteiger partial charge in [-0.1, -0.05) is 36.0 Å². The number of benzene rings is 1. The zero-order chi connectivity index (χ0) is 18.2. The van der Waals surface area contributed by atoms with Crippen molar-refractivity contribution in [3.8, 4) is 0 Å². The van der Waals surface area contributed by atoms with E-state index in [1.54, 1.807) is 29.4 Å². The molecule has 0 bridgehead atoms. The fourth-order valence-corrected chi connectivity index (χ4v) is 6.41. The number of hydrogen-bond donors (Lipinski definition) is 1. The number of rotatable bonds is 4. The maximum atomic E-state index is 12.6. The zero-order valence-electron chi connectivity index (χ0n) is 15.0. The van der Waals surface area contributed by atoms with Crippen molar-refractivity contribution in [1.29, 1.82) is 0 Å². The maximum absolute atomic E-state index is 12.6. The van der Waals surface area contributed by atoms with E-state index in [9.17, 15) is 4.79 Å². The first-order valence-corrected chi connectivity index (χ1v) is 11.3. The minimum absolute atomic E-state index is 0.0836. The third-order valence-corrected chi connectivity index (χ3v) is 7.70. The SMILES string of the molecule is O=C(CSc1ncnc2sc3c(c12)CCC3)N[C@H]1CCCc2ccccc21. The standard InChI is InChI=1S/C21H21N3OS2/c25-18(24-16-9-3-6-13-5-1-2-7-14(13)16)11-26-20-19-15-8-4-10-17(15)27-21(19)23-12-22-20/h1-2,5,7,12,16H,3-4,6,8-11H2,(H,24,25)/t16-/m0/s1. The van der Waals surface area contributed by atoms with E-state index in [2.05, 4.69) is 39.6 Å². The van der Waals surface area contributed by atoms with E-state index in [-0.39, 0.29) is 11.9 Å². The summed E-state index contributed by atoms with van der Waals surface area (Å²) >= 11 is 3.33. The molecule has 5 rings (SSSR count). The lowest BCUT2D eigenvalue weighted by molar-refractivity contribution is -0.119. The lowest BCUT2D eigenvalue weighted by Gasteiger charge is -2.26. The number of amides is 1. The van der Waals surface area contributed by atoms with Crippen LogP contribution in [0.4, 0.5) is 0 Å². The van der Waals surface area contributed by atoms with Gasteiger partial charge in [-0.2, -0.15) is 0 Å². The molecule has 1 amide bonds.